The van der Waals surface area contributed by atoms with E-state index in [1.807, 2.05) is 30.3 Å². The summed E-state index contributed by atoms with van der Waals surface area (Å²) in [4.78, 5) is 18.7. The number of aromatic nitrogens is 3. The van der Waals surface area contributed by atoms with Gasteiger partial charge < -0.3 is 15.0 Å². The standard InChI is InChI=1S/C22H20N6O2/c23-14-28-12-15-6-8-22(15,13-28)25-21(29)19-10-18(26-27-19)17-7-9-24-11-20(17)30-16-4-2-1-3-5-16/h1-5,7,9-11,15H,6,8,12-13H2,(H,25,29)(H,26,27)/t15?,22-/m0/s1. The molecule has 0 spiro atoms. The number of H-pyrrole nitrogens is 1. The van der Waals surface area contributed by atoms with Gasteiger partial charge in [0, 0.05) is 24.2 Å². The summed E-state index contributed by atoms with van der Waals surface area (Å²) in [6.07, 6.45) is 7.41. The number of rotatable bonds is 5. The molecule has 1 aromatic carbocycles. The van der Waals surface area contributed by atoms with Crippen LogP contribution in [0.5, 0.6) is 11.5 Å². The lowest BCUT2D eigenvalue weighted by Gasteiger charge is -2.44. The Balaban J connectivity index is 1.35. The second kappa shape index (κ2) is 7.19. The van der Waals surface area contributed by atoms with Gasteiger partial charge in [0.25, 0.3) is 5.91 Å². The molecule has 0 bridgehead atoms. The highest BCUT2D eigenvalue weighted by atomic mass is 16.5. The zero-order chi connectivity index (χ0) is 20.6. The Morgan fingerprint density at radius 1 is 1.33 bits per heavy atom. The number of pyridine rings is 1. The van der Waals surface area contributed by atoms with Crippen LogP contribution in [0.4, 0.5) is 0 Å². The molecule has 3 heterocycles. The van der Waals surface area contributed by atoms with E-state index in [4.69, 9.17) is 4.74 Å². The Kier molecular flexibility index (Phi) is 4.36. The summed E-state index contributed by atoms with van der Waals surface area (Å²) in [6.45, 7) is 1.28. The largest absolute Gasteiger partial charge is 0.455 e. The van der Waals surface area contributed by atoms with Crippen LogP contribution in [0.2, 0.25) is 0 Å². The van der Waals surface area contributed by atoms with E-state index in [9.17, 15) is 10.1 Å². The molecule has 0 radical (unpaired) electrons. The zero-order valence-electron chi connectivity index (χ0n) is 16.2. The Labute approximate surface area is 173 Å². The Hall–Kier alpha value is -3.86. The van der Waals surface area contributed by atoms with Crippen molar-refractivity contribution in [1.29, 1.82) is 5.26 Å². The minimum absolute atomic E-state index is 0.210. The van der Waals surface area contributed by atoms with E-state index in [-0.39, 0.29) is 11.4 Å². The van der Waals surface area contributed by atoms with Crippen molar-refractivity contribution in [1.82, 2.24) is 25.4 Å². The van der Waals surface area contributed by atoms with E-state index in [1.165, 1.54) is 0 Å². The number of hydrogen-bond donors (Lipinski definition) is 2. The van der Waals surface area contributed by atoms with Gasteiger partial charge in [-0.1, -0.05) is 18.2 Å². The number of amides is 1. The van der Waals surface area contributed by atoms with Crippen LogP contribution in [0, 0.1) is 17.4 Å². The smallest absolute Gasteiger partial charge is 0.269 e. The average Bonchev–Trinajstić information content (AvgIpc) is 3.34. The first-order valence-corrected chi connectivity index (χ1v) is 9.87. The molecule has 1 aliphatic heterocycles. The maximum Gasteiger partial charge on any atom is 0.269 e. The molecule has 1 saturated carbocycles. The van der Waals surface area contributed by atoms with Gasteiger partial charge in [-0.3, -0.25) is 14.9 Å². The molecule has 3 aromatic rings. The number of likely N-dealkylation sites (tertiary alicyclic amines) is 1. The van der Waals surface area contributed by atoms with Gasteiger partial charge in [0.1, 0.15) is 11.4 Å². The molecule has 5 rings (SSSR count). The third kappa shape index (κ3) is 3.14. The summed E-state index contributed by atoms with van der Waals surface area (Å²) >= 11 is 0. The number of carbonyl (C=O) groups is 1. The van der Waals surface area contributed by atoms with Gasteiger partial charge in [0.05, 0.1) is 24.0 Å². The number of benzene rings is 1. The van der Waals surface area contributed by atoms with Gasteiger partial charge in [0.2, 0.25) is 0 Å². The normalized spacial score (nSPS) is 22.0. The SMILES string of the molecule is N#CN1CC2CC[C@]2(NC(=O)c2cc(-c3ccncc3Oc3ccccc3)n[nH]2)C1. The predicted molar refractivity (Wildman–Crippen MR) is 108 cm³/mol. The van der Waals surface area contributed by atoms with E-state index in [0.717, 1.165) is 18.4 Å². The van der Waals surface area contributed by atoms with Crippen molar-refractivity contribution in [2.45, 2.75) is 18.4 Å². The van der Waals surface area contributed by atoms with E-state index >= 15 is 0 Å². The summed E-state index contributed by atoms with van der Waals surface area (Å²) < 4.78 is 5.95. The average molecular weight is 400 g/mol. The molecule has 8 nitrogen and oxygen atoms in total. The molecular formula is C22H20N6O2. The van der Waals surface area contributed by atoms with Gasteiger partial charge >= 0.3 is 0 Å². The molecule has 30 heavy (non-hydrogen) atoms. The number of nitriles is 1. The summed E-state index contributed by atoms with van der Waals surface area (Å²) in [7, 11) is 0. The highest BCUT2D eigenvalue weighted by Gasteiger charge is 2.54. The third-order valence-electron chi connectivity index (χ3n) is 5.99. The van der Waals surface area contributed by atoms with Gasteiger partial charge in [-0.15, -0.1) is 0 Å². The summed E-state index contributed by atoms with van der Waals surface area (Å²) in [5.41, 5.74) is 1.40. The van der Waals surface area contributed by atoms with Crippen molar-refractivity contribution in [3.05, 3.63) is 60.6 Å². The lowest BCUT2D eigenvalue weighted by molar-refractivity contribution is 0.0757. The number of fused-ring (bicyclic) bond motifs is 1. The number of aromatic amines is 1. The fraction of sp³-hybridized carbons (Fsp3) is 0.273. The molecule has 150 valence electrons. The lowest BCUT2D eigenvalue weighted by atomic mass is 9.69. The first-order valence-electron chi connectivity index (χ1n) is 9.87. The maximum atomic E-state index is 12.9. The van der Waals surface area contributed by atoms with Crippen LogP contribution in [0.25, 0.3) is 11.3 Å². The fourth-order valence-corrected chi connectivity index (χ4v) is 4.28. The highest BCUT2D eigenvalue weighted by Crippen LogP contribution is 2.44. The summed E-state index contributed by atoms with van der Waals surface area (Å²) in [5, 5.41) is 19.5. The molecule has 1 amide bonds. The number of carbonyl (C=O) groups excluding carboxylic acids is 1. The number of hydrogen-bond acceptors (Lipinski definition) is 6. The van der Waals surface area contributed by atoms with Gasteiger partial charge in [-0.25, -0.2) is 0 Å². The molecule has 2 fully saturated rings. The van der Waals surface area contributed by atoms with Crippen molar-refractivity contribution in [2.75, 3.05) is 13.1 Å². The molecule has 2 aromatic heterocycles. The van der Waals surface area contributed by atoms with E-state index in [2.05, 4.69) is 26.7 Å². The van der Waals surface area contributed by atoms with Gasteiger partial charge in [0.15, 0.2) is 11.9 Å². The minimum atomic E-state index is -0.309. The molecule has 1 aliphatic carbocycles. The molecule has 8 heteroatoms. The Morgan fingerprint density at radius 2 is 2.20 bits per heavy atom. The van der Waals surface area contributed by atoms with Gasteiger partial charge in [-0.2, -0.15) is 10.4 Å². The van der Waals surface area contributed by atoms with E-state index < -0.39 is 0 Å². The molecular weight excluding hydrogens is 380 g/mol. The molecule has 1 saturated heterocycles. The minimum Gasteiger partial charge on any atom is -0.455 e. The van der Waals surface area contributed by atoms with Crippen LogP contribution in [-0.2, 0) is 0 Å². The monoisotopic (exact) mass is 400 g/mol. The predicted octanol–water partition coefficient (Wildman–Crippen LogP) is 2.94. The molecule has 2 N–H and O–H groups in total. The van der Waals surface area contributed by atoms with E-state index in [0.29, 0.717) is 41.9 Å². The van der Waals surface area contributed by atoms with Crippen molar-refractivity contribution in [3.63, 3.8) is 0 Å². The first kappa shape index (κ1) is 18.2. The molecule has 1 unspecified atom stereocenters. The van der Waals surface area contributed by atoms with Crippen LogP contribution >= 0.6 is 0 Å². The topological polar surface area (TPSA) is 107 Å². The summed E-state index contributed by atoms with van der Waals surface area (Å²) in [6, 6.07) is 12.9. The second-order valence-electron chi connectivity index (χ2n) is 7.78. The van der Waals surface area contributed by atoms with Crippen molar-refractivity contribution in [2.24, 2.45) is 5.92 Å². The van der Waals surface area contributed by atoms with Crippen LogP contribution in [-0.4, -0.2) is 44.6 Å². The third-order valence-corrected chi connectivity index (χ3v) is 5.99. The van der Waals surface area contributed by atoms with Gasteiger partial charge in [-0.05, 0) is 37.1 Å². The number of nitrogens with one attached hydrogen (secondary N) is 2. The number of nitrogens with zero attached hydrogens (tertiary/aromatic N) is 4. The zero-order valence-corrected chi connectivity index (χ0v) is 16.2. The van der Waals surface area contributed by atoms with Crippen molar-refractivity contribution >= 4 is 5.91 Å². The van der Waals surface area contributed by atoms with Crippen LogP contribution in [0.1, 0.15) is 23.3 Å². The Morgan fingerprint density at radius 3 is 2.97 bits per heavy atom. The van der Waals surface area contributed by atoms with Crippen molar-refractivity contribution < 1.29 is 9.53 Å². The highest BCUT2D eigenvalue weighted by molar-refractivity contribution is 5.94. The number of para-hydroxylation sites is 1. The van der Waals surface area contributed by atoms with Crippen LogP contribution in [0.3, 0.4) is 0 Å². The Bertz CT molecular complexity index is 1120. The van der Waals surface area contributed by atoms with E-state index in [1.54, 1.807) is 29.4 Å². The second-order valence-corrected chi connectivity index (χ2v) is 7.78. The first-order chi connectivity index (χ1) is 14.7. The quantitative estimate of drug-likeness (QED) is 0.638. The fourth-order valence-electron chi connectivity index (χ4n) is 4.28. The number of ether oxygens (including phenoxy) is 1. The van der Waals surface area contributed by atoms with Crippen LogP contribution < -0.4 is 10.1 Å². The lowest BCUT2D eigenvalue weighted by Crippen LogP contribution is -2.60. The maximum absolute atomic E-state index is 12.9. The van der Waals surface area contributed by atoms with Crippen LogP contribution in [0.15, 0.2) is 54.9 Å². The summed E-state index contributed by atoms with van der Waals surface area (Å²) in [5.74, 6) is 1.37. The van der Waals surface area contributed by atoms with Crippen molar-refractivity contribution in [3.8, 4) is 28.9 Å². The molecule has 2 atom stereocenters. The molecule has 2 aliphatic rings.